The van der Waals surface area contributed by atoms with Gasteiger partial charge in [-0.2, -0.15) is 4.98 Å². The summed E-state index contributed by atoms with van der Waals surface area (Å²) in [5.74, 6) is 1.56. The number of aromatic nitrogens is 4. The maximum atomic E-state index is 5.79. The first-order valence-corrected chi connectivity index (χ1v) is 5.10. The highest BCUT2D eigenvalue weighted by molar-refractivity contribution is 5.46. The van der Waals surface area contributed by atoms with E-state index < -0.39 is 0 Å². The van der Waals surface area contributed by atoms with Gasteiger partial charge in [-0.3, -0.25) is 0 Å². The number of hydrogen-bond donors (Lipinski definition) is 1. The molecule has 2 aromatic heterocycles. The fourth-order valence-corrected chi connectivity index (χ4v) is 1.25. The summed E-state index contributed by atoms with van der Waals surface area (Å²) in [6.07, 6.45) is 2.41. The second kappa shape index (κ2) is 4.36. The molecule has 16 heavy (non-hydrogen) atoms. The zero-order chi connectivity index (χ0) is 11.5. The van der Waals surface area contributed by atoms with Gasteiger partial charge in [0.2, 0.25) is 11.7 Å². The summed E-state index contributed by atoms with van der Waals surface area (Å²) in [5.41, 5.74) is 6.43. The molecule has 0 bridgehead atoms. The van der Waals surface area contributed by atoms with Crippen molar-refractivity contribution < 1.29 is 4.52 Å². The number of aryl methyl sites for hydroxylation is 1. The van der Waals surface area contributed by atoms with Crippen LogP contribution in [0.4, 0.5) is 0 Å². The quantitative estimate of drug-likeness (QED) is 0.835. The molecule has 2 aromatic rings. The standard InChI is InChI=1S/C10H13N5O/c1-3-7(11)10-14-9(15-16-10)8-4-5-12-6(2)13-8/h4-5,7H,3,11H2,1-2H3/t7-/m0/s1. The topological polar surface area (TPSA) is 90.7 Å². The largest absolute Gasteiger partial charge is 0.337 e. The highest BCUT2D eigenvalue weighted by Gasteiger charge is 2.14. The second-order valence-corrected chi connectivity index (χ2v) is 3.46. The molecule has 0 aliphatic carbocycles. The molecule has 0 spiro atoms. The van der Waals surface area contributed by atoms with E-state index in [1.54, 1.807) is 12.3 Å². The Kier molecular flexibility index (Phi) is 2.91. The molecule has 1 atom stereocenters. The van der Waals surface area contributed by atoms with Gasteiger partial charge < -0.3 is 10.3 Å². The summed E-state index contributed by atoms with van der Waals surface area (Å²) in [6.45, 7) is 3.77. The molecule has 84 valence electrons. The lowest BCUT2D eigenvalue weighted by atomic mass is 10.2. The van der Waals surface area contributed by atoms with Gasteiger partial charge in [-0.05, 0) is 19.4 Å². The van der Waals surface area contributed by atoms with Gasteiger partial charge in [-0.15, -0.1) is 0 Å². The van der Waals surface area contributed by atoms with Crippen LogP contribution in [0.1, 0.15) is 31.1 Å². The van der Waals surface area contributed by atoms with E-state index in [0.29, 0.717) is 23.2 Å². The maximum Gasteiger partial charge on any atom is 0.243 e. The first-order chi connectivity index (χ1) is 7.70. The predicted octanol–water partition coefficient (Wildman–Crippen LogP) is 1.24. The molecule has 2 rings (SSSR count). The van der Waals surface area contributed by atoms with Gasteiger partial charge in [-0.25, -0.2) is 9.97 Å². The predicted molar refractivity (Wildman–Crippen MR) is 57.3 cm³/mol. The van der Waals surface area contributed by atoms with Crippen LogP contribution < -0.4 is 5.73 Å². The van der Waals surface area contributed by atoms with Crippen LogP contribution in [0.2, 0.25) is 0 Å². The molecule has 0 saturated carbocycles. The zero-order valence-electron chi connectivity index (χ0n) is 9.21. The molecule has 0 amide bonds. The molecule has 0 fully saturated rings. The third-order valence-corrected chi connectivity index (χ3v) is 2.20. The Morgan fingerprint density at radius 1 is 1.44 bits per heavy atom. The minimum absolute atomic E-state index is 0.218. The molecule has 0 saturated heterocycles. The monoisotopic (exact) mass is 219 g/mol. The fourth-order valence-electron chi connectivity index (χ4n) is 1.25. The van der Waals surface area contributed by atoms with Crippen LogP contribution in [-0.4, -0.2) is 20.1 Å². The van der Waals surface area contributed by atoms with Crippen molar-refractivity contribution in [1.29, 1.82) is 0 Å². The number of nitrogens with zero attached hydrogens (tertiary/aromatic N) is 4. The highest BCUT2D eigenvalue weighted by atomic mass is 16.5. The summed E-state index contributed by atoms with van der Waals surface area (Å²) in [5, 5.41) is 3.84. The Labute approximate surface area is 92.9 Å². The third kappa shape index (κ3) is 2.06. The zero-order valence-corrected chi connectivity index (χ0v) is 9.21. The van der Waals surface area contributed by atoms with Crippen molar-refractivity contribution in [3.8, 4) is 11.5 Å². The van der Waals surface area contributed by atoms with Crippen LogP contribution in [0.15, 0.2) is 16.8 Å². The second-order valence-electron chi connectivity index (χ2n) is 3.46. The van der Waals surface area contributed by atoms with Gasteiger partial charge in [0.25, 0.3) is 0 Å². The van der Waals surface area contributed by atoms with Gasteiger partial charge >= 0.3 is 0 Å². The summed E-state index contributed by atoms with van der Waals surface area (Å²) in [7, 11) is 0. The first-order valence-electron chi connectivity index (χ1n) is 5.10. The van der Waals surface area contributed by atoms with Crippen LogP contribution in [0, 0.1) is 6.92 Å². The van der Waals surface area contributed by atoms with Gasteiger partial charge in [0, 0.05) is 6.20 Å². The lowest BCUT2D eigenvalue weighted by molar-refractivity contribution is 0.352. The molecule has 6 heteroatoms. The summed E-state index contributed by atoms with van der Waals surface area (Å²) < 4.78 is 5.07. The lowest BCUT2D eigenvalue weighted by Gasteiger charge is -1.99. The maximum absolute atomic E-state index is 5.79. The molecule has 6 nitrogen and oxygen atoms in total. The highest BCUT2D eigenvalue weighted by Crippen LogP contribution is 2.16. The van der Waals surface area contributed by atoms with E-state index in [1.807, 2.05) is 13.8 Å². The molecule has 0 radical (unpaired) electrons. The van der Waals surface area contributed by atoms with Gasteiger partial charge in [0.1, 0.15) is 11.5 Å². The van der Waals surface area contributed by atoms with Crippen LogP contribution >= 0.6 is 0 Å². The Hall–Kier alpha value is -1.82. The Bertz CT molecular complexity index is 482. The molecular weight excluding hydrogens is 206 g/mol. The molecule has 0 aromatic carbocycles. The van der Waals surface area contributed by atoms with Crippen molar-refractivity contribution in [3.05, 3.63) is 24.0 Å². The Morgan fingerprint density at radius 2 is 2.25 bits per heavy atom. The molecule has 2 N–H and O–H groups in total. The van der Waals surface area contributed by atoms with Gasteiger partial charge in [-0.1, -0.05) is 12.1 Å². The van der Waals surface area contributed by atoms with E-state index in [1.165, 1.54) is 0 Å². The third-order valence-electron chi connectivity index (χ3n) is 2.20. The van der Waals surface area contributed by atoms with Gasteiger partial charge in [0.15, 0.2) is 0 Å². The van der Waals surface area contributed by atoms with Crippen LogP contribution in [0.3, 0.4) is 0 Å². The molecule has 2 heterocycles. The minimum atomic E-state index is -0.218. The van der Waals surface area contributed by atoms with Crippen LogP contribution in [0.25, 0.3) is 11.5 Å². The fraction of sp³-hybridized carbons (Fsp3) is 0.400. The normalized spacial score (nSPS) is 12.7. The lowest BCUT2D eigenvalue weighted by Crippen LogP contribution is -2.08. The van der Waals surface area contributed by atoms with E-state index in [-0.39, 0.29) is 6.04 Å². The van der Waals surface area contributed by atoms with E-state index >= 15 is 0 Å². The summed E-state index contributed by atoms with van der Waals surface area (Å²) in [6, 6.07) is 1.52. The molecule has 0 unspecified atom stereocenters. The Morgan fingerprint density at radius 3 is 2.94 bits per heavy atom. The van der Waals surface area contributed by atoms with Crippen molar-refractivity contribution >= 4 is 0 Å². The smallest absolute Gasteiger partial charge is 0.243 e. The van der Waals surface area contributed by atoms with Crippen LogP contribution in [0.5, 0.6) is 0 Å². The SMILES string of the molecule is CC[C@H](N)c1nc(-c2ccnc(C)n2)no1. The first kappa shape index (κ1) is 10.7. The van der Waals surface area contributed by atoms with Gasteiger partial charge in [0.05, 0.1) is 6.04 Å². The Balaban J connectivity index is 2.31. The van der Waals surface area contributed by atoms with E-state index in [4.69, 9.17) is 10.3 Å². The number of rotatable bonds is 3. The number of hydrogen-bond acceptors (Lipinski definition) is 6. The summed E-state index contributed by atoms with van der Waals surface area (Å²) in [4.78, 5) is 12.4. The molecular formula is C10H13N5O. The van der Waals surface area contributed by atoms with E-state index in [9.17, 15) is 0 Å². The molecule has 0 aliphatic heterocycles. The van der Waals surface area contributed by atoms with Crippen molar-refractivity contribution in [2.24, 2.45) is 5.73 Å². The summed E-state index contributed by atoms with van der Waals surface area (Å²) >= 11 is 0. The van der Waals surface area contributed by atoms with E-state index in [2.05, 4.69) is 20.1 Å². The number of nitrogens with two attached hydrogens (primary N) is 1. The minimum Gasteiger partial charge on any atom is -0.337 e. The van der Waals surface area contributed by atoms with E-state index in [0.717, 1.165) is 6.42 Å². The van der Waals surface area contributed by atoms with Crippen molar-refractivity contribution in [2.45, 2.75) is 26.3 Å². The average Bonchev–Trinajstić information content (AvgIpc) is 2.77. The molecule has 0 aliphatic rings. The van der Waals surface area contributed by atoms with Crippen LogP contribution in [-0.2, 0) is 0 Å². The average molecular weight is 219 g/mol. The van der Waals surface area contributed by atoms with Crippen molar-refractivity contribution in [2.75, 3.05) is 0 Å². The van der Waals surface area contributed by atoms with Crippen molar-refractivity contribution in [1.82, 2.24) is 20.1 Å². The van der Waals surface area contributed by atoms with Crippen molar-refractivity contribution in [3.63, 3.8) is 0 Å².